The molecule has 158 valence electrons. The van der Waals surface area contributed by atoms with Gasteiger partial charge in [-0.2, -0.15) is 0 Å². The van der Waals surface area contributed by atoms with Gasteiger partial charge in [0.1, 0.15) is 47.5 Å². The predicted octanol–water partition coefficient (Wildman–Crippen LogP) is -0.308. The Bertz CT molecular complexity index is 951. The molecule has 2 aliphatic heterocycles. The van der Waals surface area contributed by atoms with Gasteiger partial charge in [-0.15, -0.1) is 0 Å². The zero-order chi connectivity index (χ0) is 20.9. The molecule has 4 rings (SSSR count). The summed E-state index contributed by atoms with van der Waals surface area (Å²) in [5, 5.41) is 40.3. The maximum atomic E-state index is 11.5. The molecule has 0 aliphatic carbocycles. The molecule has 29 heavy (non-hydrogen) atoms. The number of hydrogen-bond acceptors (Lipinski definition) is 9. The van der Waals surface area contributed by atoms with Gasteiger partial charge in [0.05, 0.1) is 6.61 Å². The average Bonchev–Trinajstić information content (AvgIpc) is 2.67. The molecule has 1 aromatic heterocycles. The summed E-state index contributed by atoms with van der Waals surface area (Å²) in [4.78, 5) is 11.5. The zero-order valence-corrected chi connectivity index (χ0v) is 16.0. The van der Waals surface area contributed by atoms with E-state index in [-0.39, 0.29) is 0 Å². The Hall–Kier alpha value is -2.01. The van der Waals surface area contributed by atoms with Crippen molar-refractivity contribution in [2.24, 2.45) is 0 Å². The van der Waals surface area contributed by atoms with Crippen LogP contribution in [0.3, 0.4) is 0 Å². The first-order chi connectivity index (χ1) is 13.7. The minimum atomic E-state index is -1.52. The molecule has 0 radical (unpaired) electrons. The lowest BCUT2D eigenvalue weighted by molar-refractivity contribution is -0.321. The molecule has 0 saturated carbocycles. The van der Waals surface area contributed by atoms with Crippen molar-refractivity contribution in [1.82, 2.24) is 0 Å². The highest BCUT2D eigenvalue weighted by Gasteiger charge is 2.47. The molecule has 0 bridgehead atoms. The van der Waals surface area contributed by atoms with Crippen LogP contribution < -0.4 is 10.4 Å². The van der Waals surface area contributed by atoms with Gasteiger partial charge < -0.3 is 39.1 Å². The molecule has 2 aromatic rings. The molecular formula is C20H24O9. The summed E-state index contributed by atoms with van der Waals surface area (Å²) in [7, 11) is 0. The van der Waals surface area contributed by atoms with Crippen molar-refractivity contribution in [3.8, 4) is 5.75 Å². The highest BCUT2D eigenvalue weighted by molar-refractivity contribution is 5.79. The summed E-state index contributed by atoms with van der Waals surface area (Å²) in [6, 6.07) is 6.50. The number of aliphatic hydroxyl groups is 4. The molecule has 3 heterocycles. The molecule has 9 heteroatoms. The van der Waals surface area contributed by atoms with Crippen LogP contribution >= 0.6 is 0 Å². The van der Waals surface area contributed by atoms with Crippen LogP contribution in [-0.2, 0) is 15.9 Å². The first-order valence-corrected chi connectivity index (χ1v) is 9.41. The fraction of sp³-hybridized carbons (Fsp3) is 0.550. The first kappa shape index (κ1) is 20.3. The first-order valence-electron chi connectivity index (χ1n) is 9.41. The third-order valence-corrected chi connectivity index (χ3v) is 5.50. The topological polar surface area (TPSA) is 139 Å². The molecule has 0 amide bonds. The van der Waals surface area contributed by atoms with Gasteiger partial charge >= 0.3 is 5.63 Å². The van der Waals surface area contributed by atoms with Gasteiger partial charge in [0.25, 0.3) is 0 Å². The number of aliphatic hydroxyl groups excluding tert-OH is 4. The van der Waals surface area contributed by atoms with Crippen LogP contribution in [0, 0.1) is 0 Å². The molecule has 0 spiro atoms. The number of rotatable bonds is 3. The van der Waals surface area contributed by atoms with Crippen LogP contribution in [0.4, 0.5) is 0 Å². The Balaban J connectivity index is 1.61. The van der Waals surface area contributed by atoms with E-state index in [1.54, 1.807) is 26.0 Å². The maximum absolute atomic E-state index is 11.5. The second-order valence-corrected chi connectivity index (χ2v) is 7.98. The smallest absolute Gasteiger partial charge is 0.336 e. The molecule has 1 saturated heterocycles. The van der Waals surface area contributed by atoms with E-state index in [1.807, 2.05) is 6.07 Å². The predicted molar refractivity (Wildman–Crippen MR) is 99.5 cm³/mol. The lowest BCUT2D eigenvalue weighted by atomic mass is 9.90. The molecule has 2 aliphatic rings. The van der Waals surface area contributed by atoms with Crippen molar-refractivity contribution < 1.29 is 39.1 Å². The zero-order valence-electron chi connectivity index (χ0n) is 16.0. The Morgan fingerprint density at radius 3 is 2.62 bits per heavy atom. The Labute approximate surface area is 166 Å². The van der Waals surface area contributed by atoms with E-state index in [1.165, 1.54) is 6.07 Å². The van der Waals surface area contributed by atoms with Gasteiger partial charge in [0.15, 0.2) is 6.29 Å². The van der Waals surface area contributed by atoms with Crippen LogP contribution in [0.15, 0.2) is 33.5 Å². The van der Waals surface area contributed by atoms with Gasteiger partial charge in [-0.05, 0) is 31.5 Å². The Kier molecular flexibility index (Phi) is 5.14. The van der Waals surface area contributed by atoms with E-state index in [2.05, 4.69) is 0 Å². The third kappa shape index (κ3) is 3.65. The fourth-order valence-corrected chi connectivity index (χ4v) is 3.75. The van der Waals surface area contributed by atoms with Crippen LogP contribution in [-0.4, -0.2) is 69.4 Å². The highest BCUT2D eigenvalue weighted by atomic mass is 16.7. The van der Waals surface area contributed by atoms with E-state index >= 15 is 0 Å². The highest BCUT2D eigenvalue weighted by Crippen LogP contribution is 2.38. The van der Waals surface area contributed by atoms with E-state index in [4.69, 9.17) is 18.6 Å². The molecule has 1 aromatic carbocycles. The van der Waals surface area contributed by atoms with Crippen molar-refractivity contribution in [1.29, 1.82) is 0 Å². The van der Waals surface area contributed by atoms with Crippen LogP contribution in [0.1, 0.15) is 19.4 Å². The van der Waals surface area contributed by atoms with E-state index in [0.717, 1.165) is 10.9 Å². The molecule has 9 nitrogen and oxygen atoms in total. The van der Waals surface area contributed by atoms with Gasteiger partial charge in [-0.25, -0.2) is 4.79 Å². The Morgan fingerprint density at radius 2 is 1.90 bits per heavy atom. The Morgan fingerprint density at radius 1 is 1.14 bits per heavy atom. The maximum Gasteiger partial charge on any atom is 0.336 e. The SMILES string of the molecule is CC1(C)Oc2cc3oc(=O)ccc3cc2C[C@H]1O[C@@H]1O[C@H](CO)[C@@H](O)[C@H](O)[C@H]1O. The molecular weight excluding hydrogens is 384 g/mol. The summed E-state index contributed by atoms with van der Waals surface area (Å²) in [5.74, 6) is 0.561. The normalized spacial score (nSPS) is 33.9. The van der Waals surface area contributed by atoms with Crippen molar-refractivity contribution in [3.63, 3.8) is 0 Å². The molecule has 1 fully saturated rings. The van der Waals surface area contributed by atoms with E-state index in [0.29, 0.717) is 17.8 Å². The molecule has 6 atom stereocenters. The lowest BCUT2D eigenvalue weighted by Crippen LogP contribution is -2.61. The summed E-state index contributed by atoms with van der Waals surface area (Å²) in [6.45, 7) is 3.07. The molecule has 4 N–H and O–H groups in total. The number of ether oxygens (including phenoxy) is 3. The minimum absolute atomic E-state index is 0.409. The van der Waals surface area contributed by atoms with Crippen LogP contribution in [0.5, 0.6) is 5.75 Å². The monoisotopic (exact) mass is 408 g/mol. The quantitative estimate of drug-likeness (QED) is 0.504. The van der Waals surface area contributed by atoms with Gasteiger partial charge in [0, 0.05) is 23.9 Å². The summed E-state index contributed by atoms with van der Waals surface area (Å²) < 4.78 is 22.7. The summed E-state index contributed by atoms with van der Waals surface area (Å²) in [5.41, 5.74) is -0.0499. The second-order valence-electron chi connectivity index (χ2n) is 7.98. The van der Waals surface area contributed by atoms with E-state index < -0.39 is 54.6 Å². The number of hydrogen-bond donors (Lipinski definition) is 4. The lowest BCUT2D eigenvalue weighted by Gasteiger charge is -2.45. The van der Waals surface area contributed by atoms with Gasteiger partial charge in [-0.3, -0.25) is 0 Å². The number of benzene rings is 1. The molecule has 0 unspecified atom stereocenters. The van der Waals surface area contributed by atoms with Gasteiger partial charge in [0.2, 0.25) is 0 Å². The van der Waals surface area contributed by atoms with Crippen molar-refractivity contribution >= 4 is 11.0 Å². The summed E-state index contributed by atoms with van der Waals surface area (Å²) >= 11 is 0. The van der Waals surface area contributed by atoms with Crippen molar-refractivity contribution in [2.45, 2.75) is 62.7 Å². The summed E-state index contributed by atoms with van der Waals surface area (Å²) in [6.07, 6.45) is -6.92. The standard InChI is InChI=1S/C20H24O9/c1-20(2)14(28-19-18(25)17(24)16(23)13(8-21)27-19)6-10-5-9-3-4-15(22)26-11(9)7-12(10)29-20/h3-5,7,13-14,16-19,21,23-25H,6,8H2,1-2H3/t13-,14-,16-,17+,18-,19+/m1/s1. The van der Waals surface area contributed by atoms with Crippen molar-refractivity contribution in [3.05, 3.63) is 40.2 Å². The van der Waals surface area contributed by atoms with Crippen LogP contribution in [0.2, 0.25) is 0 Å². The van der Waals surface area contributed by atoms with E-state index in [9.17, 15) is 25.2 Å². The van der Waals surface area contributed by atoms with Crippen molar-refractivity contribution in [2.75, 3.05) is 6.61 Å². The second kappa shape index (κ2) is 7.35. The van der Waals surface area contributed by atoms with Crippen LogP contribution in [0.25, 0.3) is 11.0 Å². The minimum Gasteiger partial charge on any atom is -0.485 e. The van der Waals surface area contributed by atoms with Gasteiger partial charge in [-0.1, -0.05) is 0 Å². The third-order valence-electron chi connectivity index (χ3n) is 5.50. The average molecular weight is 408 g/mol. The largest absolute Gasteiger partial charge is 0.485 e. The fourth-order valence-electron chi connectivity index (χ4n) is 3.75. The number of fused-ring (bicyclic) bond motifs is 2.